The maximum absolute atomic E-state index is 11.8. The Morgan fingerprint density at radius 1 is 1.38 bits per heavy atom. The molecule has 0 aliphatic carbocycles. The minimum Gasteiger partial charge on any atom is -0.383 e. The van der Waals surface area contributed by atoms with E-state index < -0.39 is 0 Å². The minimum atomic E-state index is -0.0232. The third-order valence-corrected chi connectivity index (χ3v) is 5.94. The predicted molar refractivity (Wildman–Crippen MR) is 94.7 cm³/mol. The van der Waals surface area contributed by atoms with Gasteiger partial charge in [-0.2, -0.15) is 0 Å². The van der Waals surface area contributed by atoms with Crippen LogP contribution in [0.25, 0.3) is 0 Å². The number of carbonyl (C=O) groups excluding carboxylic acids is 1. The van der Waals surface area contributed by atoms with Gasteiger partial charge in [-0.3, -0.25) is 4.79 Å². The summed E-state index contributed by atoms with van der Waals surface area (Å²) in [6.45, 7) is 1.60. The molecule has 1 aromatic rings. The van der Waals surface area contributed by atoms with Crippen molar-refractivity contribution in [1.82, 2.24) is 5.32 Å². The van der Waals surface area contributed by atoms with Crippen LogP contribution in [0, 0.1) is 0 Å². The van der Waals surface area contributed by atoms with Gasteiger partial charge in [-0.05, 0) is 17.7 Å². The number of ether oxygens (including phenoxy) is 1. The quantitative estimate of drug-likeness (QED) is 0.742. The Bertz CT molecular complexity index is 443. The van der Waals surface area contributed by atoms with E-state index in [0.717, 1.165) is 5.69 Å². The van der Waals surface area contributed by atoms with E-state index in [1.807, 2.05) is 35.7 Å². The first-order chi connectivity index (χ1) is 9.79. The molecule has 0 unspecified atom stereocenters. The van der Waals surface area contributed by atoms with Gasteiger partial charge in [-0.15, -0.1) is 35.9 Å². The molecule has 2 rings (SSSR count). The highest BCUT2D eigenvalue weighted by atomic mass is 35.5. The van der Waals surface area contributed by atoms with Crippen molar-refractivity contribution in [3.8, 4) is 0 Å². The number of hydrogen-bond donors (Lipinski definition) is 2. The van der Waals surface area contributed by atoms with Crippen molar-refractivity contribution in [3.05, 3.63) is 29.8 Å². The lowest BCUT2D eigenvalue weighted by Crippen LogP contribution is -2.30. The molecule has 0 radical (unpaired) electrons. The van der Waals surface area contributed by atoms with Crippen LogP contribution in [0.2, 0.25) is 0 Å². The van der Waals surface area contributed by atoms with Crippen molar-refractivity contribution in [2.75, 3.05) is 43.6 Å². The van der Waals surface area contributed by atoms with Gasteiger partial charge >= 0.3 is 0 Å². The summed E-state index contributed by atoms with van der Waals surface area (Å²) in [5.41, 5.74) is 2.15. The molecule has 1 aliphatic rings. The standard InChI is InChI=1S/C14H20N2O2S2.ClH/c1-18-6-5-15-10-13(17)16-12-4-2-3-11(9-12)14-19-7-8-20-14;/h2-4,9,14-15H,5-8,10H2,1H3,(H,16,17);1H. The van der Waals surface area contributed by atoms with Crippen LogP contribution in [-0.4, -0.2) is 44.2 Å². The lowest BCUT2D eigenvalue weighted by molar-refractivity contribution is -0.115. The Labute approximate surface area is 140 Å². The molecule has 0 aromatic heterocycles. The van der Waals surface area contributed by atoms with Gasteiger partial charge in [0.05, 0.1) is 17.7 Å². The van der Waals surface area contributed by atoms with E-state index in [1.165, 1.54) is 17.1 Å². The zero-order valence-electron chi connectivity index (χ0n) is 12.0. The number of halogens is 1. The molecule has 4 nitrogen and oxygen atoms in total. The van der Waals surface area contributed by atoms with Crippen LogP contribution < -0.4 is 10.6 Å². The Balaban J connectivity index is 0.00000220. The number of methoxy groups -OCH3 is 1. The summed E-state index contributed by atoms with van der Waals surface area (Å²) in [7, 11) is 1.65. The van der Waals surface area contributed by atoms with Crippen LogP contribution in [0.1, 0.15) is 10.1 Å². The summed E-state index contributed by atoms with van der Waals surface area (Å²) in [6.07, 6.45) is 0. The smallest absolute Gasteiger partial charge is 0.238 e. The van der Waals surface area contributed by atoms with E-state index in [4.69, 9.17) is 4.74 Å². The van der Waals surface area contributed by atoms with Crippen molar-refractivity contribution < 1.29 is 9.53 Å². The van der Waals surface area contributed by atoms with E-state index in [9.17, 15) is 4.79 Å². The van der Waals surface area contributed by atoms with Gasteiger partial charge in [-0.25, -0.2) is 0 Å². The molecule has 1 heterocycles. The normalized spacial score (nSPS) is 14.7. The van der Waals surface area contributed by atoms with E-state index in [2.05, 4.69) is 22.8 Å². The van der Waals surface area contributed by atoms with Crippen LogP contribution in [0.15, 0.2) is 24.3 Å². The molecule has 2 N–H and O–H groups in total. The second-order valence-electron chi connectivity index (χ2n) is 4.42. The first kappa shape index (κ1) is 18.6. The number of thioether (sulfide) groups is 2. The molecule has 0 spiro atoms. The van der Waals surface area contributed by atoms with Crippen LogP contribution in [0.3, 0.4) is 0 Å². The van der Waals surface area contributed by atoms with Gasteiger partial charge in [-0.1, -0.05) is 12.1 Å². The van der Waals surface area contributed by atoms with E-state index in [0.29, 0.717) is 24.3 Å². The van der Waals surface area contributed by atoms with E-state index >= 15 is 0 Å². The summed E-state index contributed by atoms with van der Waals surface area (Å²) < 4.78 is 5.42. The second-order valence-corrected chi connectivity index (χ2v) is 7.14. The monoisotopic (exact) mass is 348 g/mol. The molecule has 1 fully saturated rings. The van der Waals surface area contributed by atoms with Crippen molar-refractivity contribution in [2.24, 2.45) is 0 Å². The van der Waals surface area contributed by atoms with Gasteiger partial charge in [0.15, 0.2) is 0 Å². The van der Waals surface area contributed by atoms with Crippen LogP contribution in [0.4, 0.5) is 5.69 Å². The van der Waals surface area contributed by atoms with Crippen molar-refractivity contribution in [2.45, 2.75) is 4.58 Å². The van der Waals surface area contributed by atoms with Gasteiger partial charge in [0.1, 0.15) is 0 Å². The second kappa shape index (κ2) is 10.3. The maximum atomic E-state index is 11.8. The molecule has 21 heavy (non-hydrogen) atoms. The van der Waals surface area contributed by atoms with Crippen LogP contribution >= 0.6 is 35.9 Å². The Morgan fingerprint density at radius 2 is 2.14 bits per heavy atom. The number of benzene rings is 1. The molecular formula is C14H21ClN2O2S2. The predicted octanol–water partition coefficient (Wildman–Crippen LogP) is 2.76. The van der Waals surface area contributed by atoms with Crippen LogP contribution in [0.5, 0.6) is 0 Å². The fraction of sp³-hybridized carbons (Fsp3) is 0.500. The molecule has 0 bridgehead atoms. The first-order valence-electron chi connectivity index (χ1n) is 6.62. The molecule has 0 atom stereocenters. The number of nitrogens with one attached hydrogen (secondary N) is 2. The number of carbonyl (C=O) groups is 1. The number of anilines is 1. The molecular weight excluding hydrogens is 328 g/mol. The molecule has 0 saturated carbocycles. The fourth-order valence-corrected chi connectivity index (χ4v) is 4.73. The molecule has 118 valence electrons. The summed E-state index contributed by atoms with van der Waals surface area (Å²) in [4.78, 5) is 11.8. The molecule has 1 amide bonds. The SMILES string of the molecule is COCCNCC(=O)Nc1cccc(C2SCCS2)c1.Cl. The van der Waals surface area contributed by atoms with Crippen molar-refractivity contribution in [3.63, 3.8) is 0 Å². The average molecular weight is 349 g/mol. The highest BCUT2D eigenvalue weighted by Gasteiger charge is 2.18. The zero-order chi connectivity index (χ0) is 14.2. The largest absolute Gasteiger partial charge is 0.383 e. The highest BCUT2D eigenvalue weighted by molar-refractivity contribution is 8.19. The number of rotatable bonds is 7. The average Bonchev–Trinajstić information content (AvgIpc) is 2.98. The summed E-state index contributed by atoms with van der Waals surface area (Å²) in [6, 6.07) is 8.13. The van der Waals surface area contributed by atoms with Gasteiger partial charge in [0.2, 0.25) is 5.91 Å². The molecule has 1 aromatic carbocycles. The van der Waals surface area contributed by atoms with E-state index in [1.54, 1.807) is 7.11 Å². The number of amides is 1. The van der Waals surface area contributed by atoms with Crippen LogP contribution in [-0.2, 0) is 9.53 Å². The Kier molecular flexibility index (Phi) is 9.19. The molecule has 1 aliphatic heterocycles. The lowest BCUT2D eigenvalue weighted by Gasteiger charge is -2.11. The number of hydrogen-bond acceptors (Lipinski definition) is 5. The van der Waals surface area contributed by atoms with Gasteiger partial charge in [0.25, 0.3) is 0 Å². The first-order valence-corrected chi connectivity index (χ1v) is 8.72. The van der Waals surface area contributed by atoms with E-state index in [-0.39, 0.29) is 18.3 Å². The topological polar surface area (TPSA) is 50.4 Å². The summed E-state index contributed by atoms with van der Waals surface area (Å²) in [5, 5.41) is 5.95. The fourth-order valence-electron chi connectivity index (χ4n) is 1.90. The Hall–Kier alpha value is -0.400. The summed E-state index contributed by atoms with van der Waals surface area (Å²) >= 11 is 3.93. The zero-order valence-corrected chi connectivity index (χ0v) is 14.4. The van der Waals surface area contributed by atoms with Crippen molar-refractivity contribution in [1.29, 1.82) is 0 Å². The molecule has 7 heteroatoms. The lowest BCUT2D eigenvalue weighted by atomic mass is 10.2. The summed E-state index contributed by atoms with van der Waals surface area (Å²) in [5.74, 6) is 2.38. The third-order valence-electron chi connectivity index (χ3n) is 2.83. The van der Waals surface area contributed by atoms with Gasteiger partial charge in [0, 0.05) is 30.8 Å². The maximum Gasteiger partial charge on any atom is 0.238 e. The molecule has 1 saturated heterocycles. The Morgan fingerprint density at radius 3 is 2.86 bits per heavy atom. The minimum absolute atomic E-state index is 0. The van der Waals surface area contributed by atoms with Crippen molar-refractivity contribution >= 4 is 47.5 Å². The third kappa shape index (κ3) is 6.48. The highest BCUT2D eigenvalue weighted by Crippen LogP contribution is 2.45. The van der Waals surface area contributed by atoms with Gasteiger partial charge < -0.3 is 15.4 Å².